The zero-order chi connectivity index (χ0) is 10.6. The van der Waals surface area contributed by atoms with Crippen LogP contribution in [0, 0.1) is 6.92 Å². The van der Waals surface area contributed by atoms with Crippen LogP contribution in [0.3, 0.4) is 0 Å². The molecule has 0 bridgehead atoms. The van der Waals surface area contributed by atoms with Crippen LogP contribution in [0.15, 0.2) is 24.3 Å². The second-order valence-electron chi connectivity index (χ2n) is 4.30. The third-order valence-corrected chi connectivity index (χ3v) is 3.02. The second-order valence-corrected chi connectivity index (χ2v) is 4.56. The van der Waals surface area contributed by atoms with Crippen LogP contribution in [0.25, 0.3) is 0 Å². The van der Waals surface area contributed by atoms with E-state index in [2.05, 4.69) is 50.4 Å². The smallest absolute Gasteiger partial charge is 0.0400 e. The first-order valence-corrected chi connectivity index (χ1v) is 5.44. The standard InChI is InChI=1S/C12H18ClN/c1-10-6-4-5-7-11(10)8-14-12(2,3)9-13/h4-7,14H,8-9H2,1-3H3. The molecule has 1 rings (SSSR count). The zero-order valence-electron chi connectivity index (χ0n) is 9.10. The van der Waals surface area contributed by atoms with Gasteiger partial charge in [0.1, 0.15) is 0 Å². The van der Waals surface area contributed by atoms with Gasteiger partial charge < -0.3 is 5.32 Å². The molecule has 0 radical (unpaired) electrons. The summed E-state index contributed by atoms with van der Waals surface area (Å²) in [6.45, 7) is 7.23. The Kier molecular flexibility index (Phi) is 3.97. The van der Waals surface area contributed by atoms with Crippen LogP contribution in [-0.2, 0) is 6.54 Å². The molecule has 1 aromatic rings. The van der Waals surface area contributed by atoms with E-state index in [9.17, 15) is 0 Å². The Bertz CT molecular complexity index is 294. The van der Waals surface area contributed by atoms with Crippen LogP contribution in [0.2, 0.25) is 0 Å². The Morgan fingerprint density at radius 2 is 1.93 bits per heavy atom. The van der Waals surface area contributed by atoms with Crippen molar-refractivity contribution in [3.63, 3.8) is 0 Å². The Balaban J connectivity index is 2.58. The summed E-state index contributed by atoms with van der Waals surface area (Å²) in [7, 11) is 0. The van der Waals surface area contributed by atoms with Gasteiger partial charge in [-0.05, 0) is 31.9 Å². The topological polar surface area (TPSA) is 12.0 Å². The molecule has 1 nitrogen and oxygen atoms in total. The lowest BCUT2D eigenvalue weighted by Gasteiger charge is -2.23. The highest BCUT2D eigenvalue weighted by atomic mass is 35.5. The lowest BCUT2D eigenvalue weighted by atomic mass is 10.1. The summed E-state index contributed by atoms with van der Waals surface area (Å²) in [5, 5.41) is 3.43. The molecular formula is C12H18ClN. The van der Waals surface area contributed by atoms with Gasteiger partial charge in [0.2, 0.25) is 0 Å². The second kappa shape index (κ2) is 4.81. The van der Waals surface area contributed by atoms with Crippen LogP contribution in [-0.4, -0.2) is 11.4 Å². The molecule has 0 aliphatic carbocycles. The van der Waals surface area contributed by atoms with E-state index in [0.29, 0.717) is 5.88 Å². The fourth-order valence-electron chi connectivity index (χ4n) is 1.19. The molecule has 1 aromatic carbocycles. The maximum Gasteiger partial charge on any atom is 0.0400 e. The maximum absolute atomic E-state index is 5.84. The third kappa shape index (κ3) is 3.32. The van der Waals surface area contributed by atoms with Crippen LogP contribution in [0.5, 0.6) is 0 Å². The Labute approximate surface area is 91.5 Å². The van der Waals surface area contributed by atoms with Crippen LogP contribution in [0.4, 0.5) is 0 Å². The summed E-state index contributed by atoms with van der Waals surface area (Å²) in [6, 6.07) is 8.40. The molecule has 78 valence electrons. The van der Waals surface area contributed by atoms with Gasteiger partial charge in [0.05, 0.1) is 0 Å². The molecule has 0 saturated carbocycles. The van der Waals surface area contributed by atoms with Gasteiger partial charge in [0.25, 0.3) is 0 Å². The molecule has 0 aliphatic heterocycles. The highest BCUT2D eigenvalue weighted by molar-refractivity contribution is 6.18. The van der Waals surface area contributed by atoms with E-state index in [0.717, 1.165) is 6.54 Å². The fourth-order valence-corrected chi connectivity index (χ4v) is 1.28. The number of hydrogen-bond acceptors (Lipinski definition) is 1. The minimum absolute atomic E-state index is 0.00381. The van der Waals surface area contributed by atoms with Crippen molar-refractivity contribution in [2.75, 3.05) is 5.88 Å². The van der Waals surface area contributed by atoms with E-state index >= 15 is 0 Å². The first kappa shape index (κ1) is 11.5. The van der Waals surface area contributed by atoms with Crippen LogP contribution >= 0.6 is 11.6 Å². The predicted molar refractivity (Wildman–Crippen MR) is 62.8 cm³/mol. The Morgan fingerprint density at radius 1 is 1.29 bits per heavy atom. The molecule has 0 aliphatic rings. The molecule has 0 saturated heterocycles. The third-order valence-electron chi connectivity index (χ3n) is 2.35. The van der Waals surface area contributed by atoms with Crippen molar-refractivity contribution in [1.82, 2.24) is 5.32 Å². The van der Waals surface area contributed by atoms with Gasteiger partial charge in [-0.15, -0.1) is 11.6 Å². The normalized spacial score (nSPS) is 11.7. The molecule has 0 atom stereocenters. The van der Waals surface area contributed by atoms with E-state index < -0.39 is 0 Å². The molecule has 0 spiro atoms. The van der Waals surface area contributed by atoms with E-state index in [1.54, 1.807) is 0 Å². The Morgan fingerprint density at radius 3 is 2.50 bits per heavy atom. The van der Waals surface area contributed by atoms with Crippen molar-refractivity contribution < 1.29 is 0 Å². The minimum Gasteiger partial charge on any atom is -0.307 e. The summed E-state index contributed by atoms with van der Waals surface area (Å²) in [4.78, 5) is 0. The fraction of sp³-hybridized carbons (Fsp3) is 0.500. The van der Waals surface area contributed by atoms with Gasteiger partial charge in [-0.1, -0.05) is 24.3 Å². The van der Waals surface area contributed by atoms with E-state index in [1.807, 2.05) is 0 Å². The summed E-state index contributed by atoms with van der Waals surface area (Å²) in [6.07, 6.45) is 0. The number of halogens is 1. The largest absolute Gasteiger partial charge is 0.307 e. The molecular weight excluding hydrogens is 194 g/mol. The molecule has 2 heteroatoms. The van der Waals surface area contributed by atoms with Crippen molar-refractivity contribution in [3.05, 3.63) is 35.4 Å². The van der Waals surface area contributed by atoms with E-state index in [-0.39, 0.29) is 5.54 Å². The molecule has 0 aromatic heterocycles. The minimum atomic E-state index is 0.00381. The first-order chi connectivity index (χ1) is 6.55. The summed E-state index contributed by atoms with van der Waals surface area (Å²) < 4.78 is 0. The molecule has 14 heavy (non-hydrogen) atoms. The summed E-state index contributed by atoms with van der Waals surface area (Å²) in [5.74, 6) is 0.624. The maximum atomic E-state index is 5.84. The predicted octanol–water partition coefficient (Wildman–Crippen LogP) is 3.10. The van der Waals surface area contributed by atoms with E-state index in [1.165, 1.54) is 11.1 Å². The lowest BCUT2D eigenvalue weighted by molar-refractivity contribution is 0.429. The van der Waals surface area contributed by atoms with Crippen LogP contribution in [0.1, 0.15) is 25.0 Å². The number of nitrogens with one attached hydrogen (secondary N) is 1. The van der Waals surface area contributed by atoms with Gasteiger partial charge in [-0.3, -0.25) is 0 Å². The van der Waals surface area contributed by atoms with Crippen molar-refractivity contribution in [2.24, 2.45) is 0 Å². The van der Waals surface area contributed by atoms with Gasteiger partial charge >= 0.3 is 0 Å². The van der Waals surface area contributed by atoms with Gasteiger partial charge in [-0.25, -0.2) is 0 Å². The average Bonchev–Trinajstić information content (AvgIpc) is 2.17. The quantitative estimate of drug-likeness (QED) is 0.755. The number of hydrogen-bond donors (Lipinski definition) is 1. The van der Waals surface area contributed by atoms with Gasteiger partial charge in [-0.2, -0.15) is 0 Å². The number of alkyl halides is 1. The van der Waals surface area contributed by atoms with Crippen molar-refractivity contribution >= 4 is 11.6 Å². The number of aryl methyl sites for hydroxylation is 1. The molecule has 0 amide bonds. The van der Waals surface area contributed by atoms with Crippen LogP contribution < -0.4 is 5.32 Å². The molecule has 1 N–H and O–H groups in total. The summed E-state index contributed by atoms with van der Waals surface area (Å²) in [5.41, 5.74) is 2.67. The first-order valence-electron chi connectivity index (χ1n) is 4.91. The highest BCUT2D eigenvalue weighted by Gasteiger charge is 2.14. The van der Waals surface area contributed by atoms with Gasteiger partial charge in [0.15, 0.2) is 0 Å². The monoisotopic (exact) mass is 211 g/mol. The summed E-state index contributed by atoms with van der Waals surface area (Å²) >= 11 is 5.84. The highest BCUT2D eigenvalue weighted by Crippen LogP contribution is 2.10. The van der Waals surface area contributed by atoms with E-state index in [4.69, 9.17) is 11.6 Å². The molecule has 0 fully saturated rings. The van der Waals surface area contributed by atoms with Gasteiger partial charge in [0, 0.05) is 18.0 Å². The molecule has 0 unspecified atom stereocenters. The SMILES string of the molecule is Cc1ccccc1CNC(C)(C)CCl. The zero-order valence-corrected chi connectivity index (χ0v) is 9.86. The van der Waals surface area contributed by atoms with Crippen molar-refractivity contribution in [1.29, 1.82) is 0 Å². The molecule has 0 heterocycles. The lowest BCUT2D eigenvalue weighted by Crippen LogP contribution is -2.40. The van der Waals surface area contributed by atoms with Crippen molar-refractivity contribution in [2.45, 2.75) is 32.9 Å². The average molecular weight is 212 g/mol. The Hall–Kier alpha value is -0.530. The number of benzene rings is 1. The van der Waals surface area contributed by atoms with Crippen molar-refractivity contribution in [3.8, 4) is 0 Å². The number of rotatable bonds is 4.